The van der Waals surface area contributed by atoms with Gasteiger partial charge in [0.2, 0.25) is 11.8 Å². The third-order valence-electron chi connectivity index (χ3n) is 6.80. The van der Waals surface area contributed by atoms with Crippen LogP contribution in [0.4, 0.5) is 21.5 Å². The predicted molar refractivity (Wildman–Crippen MR) is 153 cm³/mol. The Bertz CT molecular complexity index is 1350. The molecule has 3 aromatic rings. The third-order valence-corrected chi connectivity index (χ3v) is 7.09. The first-order valence-electron chi connectivity index (χ1n) is 12.5. The highest BCUT2D eigenvalue weighted by Crippen LogP contribution is 2.37. The summed E-state index contributed by atoms with van der Waals surface area (Å²) in [6.45, 7) is 7.71. The summed E-state index contributed by atoms with van der Waals surface area (Å²) in [4.78, 5) is 28.0. The van der Waals surface area contributed by atoms with Crippen LogP contribution in [0.3, 0.4) is 0 Å². The summed E-state index contributed by atoms with van der Waals surface area (Å²) in [7, 11) is 0. The van der Waals surface area contributed by atoms with Gasteiger partial charge in [0, 0.05) is 36.3 Å². The molecule has 0 bridgehead atoms. The summed E-state index contributed by atoms with van der Waals surface area (Å²) in [5.74, 6) is -1.28. The maximum Gasteiger partial charge on any atom is 0.248 e. The summed E-state index contributed by atoms with van der Waals surface area (Å²) in [5, 5.41) is 5.65. The summed E-state index contributed by atoms with van der Waals surface area (Å²) in [6, 6.07) is 19.1. The zero-order valence-corrected chi connectivity index (χ0v) is 22.4. The van der Waals surface area contributed by atoms with E-state index >= 15 is 0 Å². The van der Waals surface area contributed by atoms with E-state index in [4.69, 9.17) is 17.3 Å². The van der Waals surface area contributed by atoms with Crippen molar-refractivity contribution in [3.8, 4) is 0 Å². The Labute approximate surface area is 227 Å². The van der Waals surface area contributed by atoms with Gasteiger partial charge in [0.15, 0.2) is 0 Å². The maximum absolute atomic E-state index is 13.6. The Kier molecular flexibility index (Phi) is 8.19. The molecular formula is C30H32ClFN4O2. The number of halogens is 2. The Balaban J connectivity index is 1.48. The fraction of sp³-hybridized carbons (Fsp3) is 0.267. The maximum atomic E-state index is 13.6. The van der Waals surface area contributed by atoms with Gasteiger partial charge in [0.1, 0.15) is 5.82 Å². The van der Waals surface area contributed by atoms with Crippen molar-refractivity contribution in [2.75, 3.05) is 29.5 Å². The molecular weight excluding hydrogens is 503 g/mol. The van der Waals surface area contributed by atoms with Crippen LogP contribution in [-0.4, -0.2) is 35.3 Å². The lowest BCUT2D eigenvalue weighted by Gasteiger charge is -2.31. The average molecular weight is 535 g/mol. The monoisotopic (exact) mass is 534 g/mol. The molecule has 0 aliphatic carbocycles. The van der Waals surface area contributed by atoms with E-state index in [-0.39, 0.29) is 34.2 Å². The van der Waals surface area contributed by atoms with Crippen LogP contribution in [0.5, 0.6) is 0 Å². The lowest BCUT2D eigenvalue weighted by atomic mass is 9.88. The van der Waals surface area contributed by atoms with Gasteiger partial charge in [-0.1, -0.05) is 48.0 Å². The molecule has 1 aliphatic heterocycles. The predicted octanol–water partition coefficient (Wildman–Crippen LogP) is 6.17. The molecule has 2 amide bonds. The Morgan fingerprint density at radius 1 is 1.03 bits per heavy atom. The number of carbonyl (C=O) groups excluding carboxylic acids is 2. The van der Waals surface area contributed by atoms with E-state index in [1.54, 1.807) is 30.3 Å². The van der Waals surface area contributed by atoms with Gasteiger partial charge in [-0.2, -0.15) is 0 Å². The van der Waals surface area contributed by atoms with Gasteiger partial charge in [-0.25, -0.2) is 4.39 Å². The zero-order chi connectivity index (χ0) is 27.4. The number of amides is 2. The van der Waals surface area contributed by atoms with Crippen molar-refractivity contribution in [2.24, 2.45) is 5.92 Å². The molecule has 8 heteroatoms. The van der Waals surface area contributed by atoms with E-state index < -0.39 is 5.82 Å². The molecule has 2 atom stereocenters. The molecule has 1 saturated heterocycles. The van der Waals surface area contributed by atoms with Gasteiger partial charge in [-0.3, -0.25) is 14.5 Å². The Hall–Kier alpha value is -3.68. The number of nitrogens with two attached hydrogens (primary N) is 1. The summed E-state index contributed by atoms with van der Waals surface area (Å²) in [6.07, 6.45) is 3.19. The molecule has 1 aliphatic rings. The number of nitrogen functional groups attached to an aromatic ring is 1. The SMILES string of the molecule is CC(C)(C)N1CC(C(=O)Nc2ccc(F)c(Cl)c2)C(c2ccc(/C=C/C(=O)Nc3ccccc3N)cc2)C1. The fourth-order valence-corrected chi connectivity index (χ4v) is 4.76. The van der Waals surface area contributed by atoms with Crippen LogP contribution in [0.25, 0.3) is 6.08 Å². The molecule has 1 fully saturated rings. The van der Waals surface area contributed by atoms with E-state index in [1.165, 1.54) is 24.3 Å². The normalized spacial score (nSPS) is 18.0. The number of rotatable bonds is 6. The molecule has 198 valence electrons. The second-order valence-electron chi connectivity index (χ2n) is 10.5. The molecule has 0 radical (unpaired) electrons. The van der Waals surface area contributed by atoms with Crippen molar-refractivity contribution < 1.29 is 14.0 Å². The van der Waals surface area contributed by atoms with Gasteiger partial charge < -0.3 is 16.4 Å². The fourth-order valence-electron chi connectivity index (χ4n) is 4.58. The van der Waals surface area contributed by atoms with Crippen molar-refractivity contribution in [1.82, 2.24) is 4.90 Å². The average Bonchev–Trinajstić information content (AvgIpc) is 3.33. The topological polar surface area (TPSA) is 87.5 Å². The number of likely N-dealkylation sites (tertiary alicyclic amines) is 1. The zero-order valence-electron chi connectivity index (χ0n) is 21.7. The molecule has 0 aromatic heterocycles. The van der Waals surface area contributed by atoms with Crippen molar-refractivity contribution in [3.63, 3.8) is 0 Å². The van der Waals surface area contributed by atoms with Crippen LogP contribution in [0.1, 0.15) is 37.8 Å². The number of hydrogen-bond acceptors (Lipinski definition) is 4. The van der Waals surface area contributed by atoms with Crippen molar-refractivity contribution in [1.29, 1.82) is 0 Å². The van der Waals surface area contributed by atoms with Gasteiger partial charge in [-0.05, 0) is 68.3 Å². The first-order valence-corrected chi connectivity index (χ1v) is 12.8. The smallest absolute Gasteiger partial charge is 0.248 e. The molecule has 0 saturated carbocycles. The number of nitrogens with one attached hydrogen (secondary N) is 2. The van der Waals surface area contributed by atoms with Crippen LogP contribution >= 0.6 is 11.6 Å². The molecule has 6 nitrogen and oxygen atoms in total. The molecule has 1 heterocycles. The quantitative estimate of drug-likeness (QED) is 0.261. The molecule has 3 aromatic carbocycles. The third kappa shape index (κ3) is 6.60. The van der Waals surface area contributed by atoms with Gasteiger partial charge in [0.05, 0.1) is 22.3 Å². The largest absolute Gasteiger partial charge is 0.397 e. The van der Waals surface area contributed by atoms with Crippen molar-refractivity contribution >= 4 is 46.6 Å². The first-order chi connectivity index (χ1) is 18.0. The Morgan fingerprint density at radius 3 is 2.39 bits per heavy atom. The summed E-state index contributed by atoms with van der Waals surface area (Å²) < 4.78 is 13.6. The number of para-hydroxylation sites is 2. The summed E-state index contributed by atoms with van der Waals surface area (Å²) >= 11 is 5.90. The minimum absolute atomic E-state index is 0.0347. The van der Waals surface area contributed by atoms with E-state index in [2.05, 4.69) is 36.3 Å². The minimum Gasteiger partial charge on any atom is -0.397 e. The number of carbonyl (C=O) groups is 2. The molecule has 2 unspecified atom stereocenters. The first kappa shape index (κ1) is 27.4. The van der Waals surface area contributed by atoms with Crippen molar-refractivity contribution in [2.45, 2.75) is 32.2 Å². The van der Waals surface area contributed by atoms with Crippen LogP contribution in [-0.2, 0) is 9.59 Å². The highest BCUT2D eigenvalue weighted by Gasteiger charge is 2.42. The highest BCUT2D eigenvalue weighted by molar-refractivity contribution is 6.31. The van der Waals surface area contributed by atoms with Crippen molar-refractivity contribution in [3.05, 3.63) is 94.8 Å². The van der Waals surface area contributed by atoms with Gasteiger partial charge in [-0.15, -0.1) is 0 Å². The molecule has 0 spiro atoms. The van der Waals surface area contributed by atoms with E-state index in [0.29, 0.717) is 23.6 Å². The lowest BCUT2D eigenvalue weighted by Crippen LogP contribution is -2.40. The van der Waals surface area contributed by atoms with E-state index in [1.807, 2.05) is 24.3 Å². The summed E-state index contributed by atoms with van der Waals surface area (Å²) in [5.41, 5.74) is 9.20. The number of anilines is 3. The molecule has 4 N–H and O–H groups in total. The van der Waals surface area contributed by atoms with Gasteiger partial charge in [0.25, 0.3) is 0 Å². The standard InChI is InChI=1S/C30H32ClFN4O2/c1-30(2,3)36-17-22(23(18-36)29(38)34-21-13-14-25(32)24(31)16-21)20-11-8-19(9-12-20)10-15-28(37)35-27-7-5-4-6-26(27)33/h4-16,22-23H,17-18,33H2,1-3H3,(H,34,38)(H,35,37)/b15-10+. The second kappa shape index (κ2) is 11.4. The van der Waals surface area contributed by atoms with Crippen LogP contribution in [0.15, 0.2) is 72.8 Å². The molecule has 38 heavy (non-hydrogen) atoms. The van der Waals surface area contributed by atoms with Crippen LogP contribution in [0, 0.1) is 11.7 Å². The minimum atomic E-state index is -0.530. The van der Waals surface area contributed by atoms with Crippen LogP contribution in [0.2, 0.25) is 5.02 Å². The number of benzene rings is 3. The second-order valence-corrected chi connectivity index (χ2v) is 10.9. The van der Waals surface area contributed by atoms with Crippen LogP contribution < -0.4 is 16.4 Å². The molecule has 4 rings (SSSR count). The van der Waals surface area contributed by atoms with E-state index in [0.717, 1.165) is 17.7 Å². The lowest BCUT2D eigenvalue weighted by molar-refractivity contribution is -0.120. The highest BCUT2D eigenvalue weighted by atomic mass is 35.5. The Morgan fingerprint density at radius 2 is 1.74 bits per heavy atom. The van der Waals surface area contributed by atoms with E-state index in [9.17, 15) is 14.0 Å². The number of hydrogen-bond donors (Lipinski definition) is 3. The van der Waals surface area contributed by atoms with Gasteiger partial charge >= 0.3 is 0 Å². The number of nitrogens with zero attached hydrogens (tertiary/aromatic N) is 1.